The van der Waals surface area contributed by atoms with E-state index in [-0.39, 0.29) is 4.90 Å². The van der Waals surface area contributed by atoms with Gasteiger partial charge >= 0.3 is 0 Å². The number of primary sulfonamides is 1. The van der Waals surface area contributed by atoms with Crippen LogP contribution in [-0.2, 0) is 16.6 Å². The molecule has 18 heavy (non-hydrogen) atoms. The molecule has 0 saturated carbocycles. The van der Waals surface area contributed by atoms with Crippen molar-refractivity contribution in [2.24, 2.45) is 5.14 Å². The SMILES string of the molecule is Cc1ccc(S(N)(=O)=O)cc1NCc1cnc[nH]1. The lowest BCUT2D eigenvalue weighted by Gasteiger charge is -2.10. The minimum Gasteiger partial charge on any atom is -0.379 e. The fraction of sp³-hybridized carbons (Fsp3) is 0.182. The number of nitrogens with zero attached hydrogens (tertiary/aromatic N) is 1. The van der Waals surface area contributed by atoms with E-state index in [0.717, 1.165) is 16.9 Å². The van der Waals surface area contributed by atoms with Gasteiger partial charge in [-0.1, -0.05) is 6.07 Å². The zero-order chi connectivity index (χ0) is 13.2. The lowest BCUT2D eigenvalue weighted by Crippen LogP contribution is -2.13. The van der Waals surface area contributed by atoms with Gasteiger partial charge in [0.2, 0.25) is 10.0 Å². The Kier molecular flexibility index (Phi) is 3.35. The summed E-state index contributed by atoms with van der Waals surface area (Å²) in [5.74, 6) is 0. The van der Waals surface area contributed by atoms with E-state index in [2.05, 4.69) is 15.3 Å². The molecule has 4 N–H and O–H groups in total. The fourth-order valence-corrected chi connectivity index (χ4v) is 2.08. The molecular weight excluding hydrogens is 252 g/mol. The minimum absolute atomic E-state index is 0.0974. The van der Waals surface area contributed by atoms with Crippen molar-refractivity contribution in [1.82, 2.24) is 9.97 Å². The minimum atomic E-state index is -3.67. The Morgan fingerprint density at radius 3 is 2.83 bits per heavy atom. The van der Waals surface area contributed by atoms with Crippen LogP contribution in [0.5, 0.6) is 0 Å². The number of benzene rings is 1. The van der Waals surface area contributed by atoms with Crippen LogP contribution in [0.2, 0.25) is 0 Å². The summed E-state index contributed by atoms with van der Waals surface area (Å²) in [7, 11) is -3.67. The van der Waals surface area contributed by atoms with E-state index in [1.165, 1.54) is 12.1 Å². The molecule has 1 heterocycles. The summed E-state index contributed by atoms with van der Waals surface area (Å²) in [5.41, 5.74) is 2.59. The van der Waals surface area contributed by atoms with Crippen LogP contribution in [0.15, 0.2) is 35.6 Å². The Morgan fingerprint density at radius 1 is 1.44 bits per heavy atom. The van der Waals surface area contributed by atoms with Crippen LogP contribution >= 0.6 is 0 Å². The molecule has 0 radical (unpaired) electrons. The third-order valence-corrected chi connectivity index (χ3v) is 3.47. The lowest BCUT2D eigenvalue weighted by atomic mass is 10.2. The average Bonchev–Trinajstić information content (AvgIpc) is 2.79. The summed E-state index contributed by atoms with van der Waals surface area (Å²) in [5, 5.41) is 8.23. The molecule has 0 aliphatic rings. The second-order valence-corrected chi connectivity index (χ2v) is 5.51. The van der Waals surface area contributed by atoms with E-state index in [9.17, 15) is 8.42 Å². The monoisotopic (exact) mass is 266 g/mol. The number of aromatic amines is 1. The zero-order valence-corrected chi connectivity index (χ0v) is 10.7. The van der Waals surface area contributed by atoms with E-state index >= 15 is 0 Å². The highest BCUT2D eigenvalue weighted by Crippen LogP contribution is 2.19. The normalized spacial score (nSPS) is 11.4. The number of rotatable bonds is 4. The quantitative estimate of drug-likeness (QED) is 0.767. The van der Waals surface area contributed by atoms with Gasteiger partial charge in [-0.3, -0.25) is 0 Å². The zero-order valence-electron chi connectivity index (χ0n) is 9.84. The maximum absolute atomic E-state index is 11.3. The molecule has 1 aromatic carbocycles. The number of H-pyrrole nitrogens is 1. The molecule has 1 aromatic heterocycles. The Bertz CT molecular complexity index is 635. The predicted molar refractivity (Wildman–Crippen MR) is 68.5 cm³/mol. The molecule has 7 heteroatoms. The number of aryl methyl sites for hydroxylation is 1. The molecule has 0 saturated heterocycles. The van der Waals surface area contributed by atoms with Gasteiger partial charge in [0.1, 0.15) is 0 Å². The summed E-state index contributed by atoms with van der Waals surface area (Å²) >= 11 is 0. The van der Waals surface area contributed by atoms with Gasteiger partial charge in [-0.15, -0.1) is 0 Å². The van der Waals surface area contributed by atoms with Crippen molar-refractivity contribution in [3.8, 4) is 0 Å². The summed E-state index contributed by atoms with van der Waals surface area (Å²) in [4.78, 5) is 6.95. The van der Waals surface area contributed by atoms with Crippen LogP contribution < -0.4 is 10.5 Å². The first-order valence-electron chi connectivity index (χ1n) is 5.31. The van der Waals surface area contributed by atoms with Crippen LogP contribution in [0.1, 0.15) is 11.3 Å². The number of aromatic nitrogens is 2. The second-order valence-electron chi connectivity index (χ2n) is 3.95. The predicted octanol–water partition coefficient (Wildman–Crippen LogP) is 0.978. The Balaban J connectivity index is 2.22. The fourth-order valence-electron chi connectivity index (χ4n) is 1.54. The molecule has 0 bridgehead atoms. The van der Waals surface area contributed by atoms with Gasteiger partial charge in [-0.2, -0.15) is 0 Å². The third-order valence-electron chi connectivity index (χ3n) is 2.56. The highest BCUT2D eigenvalue weighted by atomic mass is 32.2. The number of sulfonamides is 1. The molecule has 0 spiro atoms. The Hall–Kier alpha value is -1.86. The molecule has 0 amide bonds. The van der Waals surface area contributed by atoms with Gasteiger partial charge in [0.15, 0.2) is 0 Å². The highest BCUT2D eigenvalue weighted by Gasteiger charge is 2.09. The third kappa shape index (κ3) is 2.88. The van der Waals surface area contributed by atoms with Crippen molar-refractivity contribution in [3.63, 3.8) is 0 Å². The molecule has 2 rings (SSSR count). The van der Waals surface area contributed by atoms with Crippen molar-refractivity contribution in [3.05, 3.63) is 42.0 Å². The summed E-state index contributed by atoms with van der Waals surface area (Å²) in [6.45, 7) is 2.43. The summed E-state index contributed by atoms with van der Waals surface area (Å²) in [6, 6.07) is 4.74. The number of hydrogen-bond donors (Lipinski definition) is 3. The number of hydrogen-bond acceptors (Lipinski definition) is 4. The maximum atomic E-state index is 11.3. The van der Waals surface area contributed by atoms with Gasteiger partial charge in [-0.05, 0) is 24.6 Å². The molecular formula is C11H14N4O2S. The highest BCUT2D eigenvalue weighted by molar-refractivity contribution is 7.89. The number of nitrogens with one attached hydrogen (secondary N) is 2. The largest absolute Gasteiger partial charge is 0.379 e. The molecule has 0 fully saturated rings. The lowest BCUT2D eigenvalue weighted by molar-refractivity contribution is 0.598. The number of imidazole rings is 1. The molecule has 96 valence electrons. The van der Waals surface area contributed by atoms with Gasteiger partial charge < -0.3 is 10.3 Å². The first kappa shape index (κ1) is 12.6. The van der Waals surface area contributed by atoms with Crippen LogP contribution in [0.3, 0.4) is 0 Å². The van der Waals surface area contributed by atoms with Crippen molar-refractivity contribution >= 4 is 15.7 Å². The maximum Gasteiger partial charge on any atom is 0.238 e. The van der Waals surface area contributed by atoms with E-state index in [1.54, 1.807) is 18.6 Å². The van der Waals surface area contributed by atoms with Crippen LogP contribution in [-0.4, -0.2) is 18.4 Å². The standard InChI is InChI=1S/C11H14N4O2S/c1-8-2-3-10(18(12,16)17)4-11(8)14-6-9-5-13-7-15-9/h2-5,7,14H,6H2,1H3,(H,13,15)(H2,12,16,17). The van der Waals surface area contributed by atoms with E-state index in [0.29, 0.717) is 6.54 Å². The van der Waals surface area contributed by atoms with Gasteiger partial charge in [-0.25, -0.2) is 18.5 Å². The smallest absolute Gasteiger partial charge is 0.238 e. The van der Waals surface area contributed by atoms with E-state index < -0.39 is 10.0 Å². The van der Waals surface area contributed by atoms with Crippen LogP contribution in [0, 0.1) is 6.92 Å². The molecule has 0 unspecified atom stereocenters. The van der Waals surface area contributed by atoms with Crippen LogP contribution in [0.25, 0.3) is 0 Å². The van der Waals surface area contributed by atoms with Gasteiger partial charge in [0.05, 0.1) is 23.5 Å². The van der Waals surface area contributed by atoms with Gasteiger partial charge in [0, 0.05) is 11.9 Å². The van der Waals surface area contributed by atoms with Crippen LogP contribution in [0.4, 0.5) is 5.69 Å². The van der Waals surface area contributed by atoms with Gasteiger partial charge in [0.25, 0.3) is 0 Å². The van der Waals surface area contributed by atoms with E-state index in [1.807, 2.05) is 6.92 Å². The molecule has 0 aliphatic carbocycles. The van der Waals surface area contributed by atoms with E-state index in [4.69, 9.17) is 5.14 Å². The molecule has 0 aliphatic heterocycles. The number of anilines is 1. The topological polar surface area (TPSA) is 101 Å². The van der Waals surface area contributed by atoms with Crippen molar-refractivity contribution < 1.29 is 8.42 Å². The Morgan fingerprint density at radius 2 is 2.22 bits per heavy atom. The summed E-state index contributed by atoms with van der Waals surface area (Å²) < 4.78 is 22.5. The Labute approximate surface area is 105 Å². The average molecular weight is 266 g/mol. The first-order chi connectivity index (χ1) is 8.47. The van der Waals surface area contributed by atoms with Crippen molar-refractivity contribution in [2.45, 2.75) is 18.4 Å². The van der Waals surface area contributed by atoms with Crippen molar-refractivity contribution in [2.75, 3.05) is 5.32 Å². The molecule has 0 atom stereocenters. The summed E-state index contributed by atoms with van der Waals surface area (Å²) in [6.07, 6.45) is 3.29. The second kappa shape index (κ2) is 4.79. The number of nitrogens with two attached hydrogens (primary N) is 1. The van der Waals surface area contributed by atoms with Crippen molar-refractivity contribution in [1.29, 1.82) is 0 Å². The molecule has 6 nitrogen and oxygen atoms in total. The molecule has 2 aromatic rings. The first-order valence-corrected chi connectivity index (χ1v) is 6.86.